The molecule has 5 heteroatoms. The maximum Gasteiger partial charge on any atom is 0.267 e. The molecule has 0 aliphatic heterocycles. The van der Waals surface area contributed by atoms with Crippen LogP contribution in [0.25, 0.3) is 21.8 Å². The van der Waals surface area contributed by atoms with Crippen molar-refractivity contribution in [3.05, 3.63) is 70.0 Å². The fraction of sp³-hybridized carbons (Fsp3) is 0.190. The maximum atomic E-state index is 12.4. The molecule has 0 atom stereocenters. The predicted octanol–water partition coefficient (Wildman–Crippen LogP) is 4.89. The van der Waals surface area contributed by atoms with Crippen LogP contribution in [0.2, 0.25) is 5.02 Å². The van der Waals surface area contributed by atoms with Crippen molar-refractivity contribution in [2.24, 2.45) is 0 Å². The van der Waals surface area contributed by atoms with Gasteiger partial charge in [-0.1, -0.05) is 35.9 Å². The molecule has 2 heterocycles. The molecule has 0 saturated heterocycles. The maximum absolute atomic E-state index is 12.4. The molecule has 3 N–H and O–H groups in total. The lowest BCUT2D eigenvalue weighted by Gasteiger charge is -2.06. The summed E-state index contributed by atoms with van der Waals surface area (Å²) in [7, 11) is 0. The van der Waals surface area contributed by atoms with Crippen LogP contribution in [-0.4, -0.2) is 22.4 Å². The molecule has 26 heavy (non-hydrogen) atoms. The fourth-order valence-corrected chi connectivity index (χ4v) is 3.75. The second-order valence-corrected chi connectivity index (χ2v) is 7.03. The molecule has 2 aromatic carbocycles. The summed E-state index contributed by atoms with van der Waals surface area (Å²) < 4.78 is 0. The molecule has 0 unspecified atom stereocenters. The third kappa shape index (κ3) is 2.86. The Morgan fingerprint density at radius 1 is 1.12 bits per heavy atom. The fourth-order valence-electron chi connectivity index (χ4n) is 3.55. The van der Waals surface area contributed by atoms with Crippen LogP contribution in [0, 0.1) is 13.8 Å². The lowest BCUT2D eigenvalue weighted by atomic mass is 10.0. The average Bonchev–Trinajstić information content (AvgIpc) is 3.20. The van der Waals surface area contributed by atoms with E-state index in [4.69, 9.17) is 11.6 Å². The molecule has 0 saturated carbocycles. The number of fused-ring (bicyclic) bond motifs is 2. The molecular formula is C21H20ClN3O. The molecular weight excluding hydrogens is 346 g/mol. The Morgan fingerprint density at radius 2 is 1.92 bits per heavy atom. The molecule has 0 radical (unpaired) electrons. The number of carbonyl (C=O) groups excluding carboxylic acids is 1. The highest BCUT2D eigenvalue weighted by atomic mass is 35.5. The van der Waals surface area contributed by atoms with E-state index in [-0.39, 0.29) is 5.91 Å². The van der Waals surface area contributed by atoms with Crippen LogP contribution in [0.1, 0.15) is 27.3 Å². The Balaban J connectivity index is 1.51. The SMILES string of the molecule is Cc1[nH]c2c(Cl)ccc(C)c2c1CCNC(=O)c1cc2ccccc2[nH]1. The number of halogens is 1. The number of aryl methyl sites for hydroxylation is 2. The van der Waals surface area contributed by atoms with Crippen LogP contribution in [0.5, 0.6) is 0 Å². The van der Waals surface area contributed by atoms with Crippen molar-refractivity contribution in [1.82, 2.24) is 15.3 Å². The number of aromatic amines is 2. The second-order valence-electron chi connectivity index (χ2n) is 6.62. The molecule has 0 aliphatic carbocycles. The van der Waals surface area contributed by atoms with Crippen molar-refractivity contribution in [1.29, 1.82) is 0 Å². The van der Waals surface area contributed by atoms with Crippen molar-refractivity contribution >= 4 is 39.3 Å². The van der Waals surface area contributed by atoms with E-state index in [0.717, 1.165) is 38.9 Å². The Hall–Kier alpha value is -2.72. The normalized spacial score (nSPS) is 11.3. The largest absolute Gasteiger partial charge is 0.357 e. The molecule has 0 spiro atoms. The summed E-state index contributed by atoms with van der Waals surface area (Å²) in [6.45, 7) is 4.69. The number of hydrogen-bond acceptors (Lipinski definition) is 1. The highest BCUT2D eigenvalue weighted by molar-refractivity contribution is 6.35. The quantitative estimate of drug-likeness (QED) is 0.473. The zero-order valence-electron chi connectivity index (χ0n) is 14.7. The van der Waals surface area contributed by atoms with Crippen molar-refractivity contribution in [2.75, 3.05) is 6.54 Å². The summed E-state index contributed by atoms with van der Waals surface area (Å²) in [6, 6.07) is 13.7. The van der Waals surface area contributed by atoms with Crippen LogP contribution in [0.4, 0.5) is 0 Å². The first-order chi connectivity index (χ1) is 12.5. The van der Waals surface area contributed by atoms with E-state index in [1.807, 2.05) is 49.4 Å². The Bertz CT molecular complexity index is 1090. The molecule has 0 fully saturated rings. The predicted molar refractivity (Wildman–Crippen MR) is 107 cm³/mol. The van der Waals surface area contributed by atoms with Gasteiger partial charge in [0.1, 0.15) is 5.69 Å². The minimum absolute atomic E-state index is 0.0894. The van der Waals surface area contributed by atoms with Crippen molar-refractivity contribution < 1.29 is 4.79 Å². The summed E-state index contributed by atoms with van der Waals surface area (Å²) >= 11 is 6.31. The first-order valence-electron chi connectivity index (χ1n) is 8.67. The number of benzene rings is 2. The van der Waals surface area contributed by atoms with Crippen molar-refractivity contribution in [3.63, 3.8) is 0 Å². The van der Waals surface area contributed by atoms with E-state index in [1.165, 1.54) is 11.1 Å². The van der Waals surface area contributed by atoms with Crippen LogP contribution < -0.4 is 5.32 Å². The highest BCUT2D eigenvalue weighted by Crippen LogP contribution is 2.31. The molecule has 0 aliphatic rings. The number of rotatable bonds is 4. The zero-order chi connectivity index (χ0) is 18.3. The minimum atomic E-state index is -0.0894. The van der Waals surface area contributed by atoms with Gasteiger partial charge in [-0.05, 0) is 49.6 Å². The number of aromatic nitrogens is 2. The monoisotopic (exact) mass is 365 g/mol. The Kier molecular flexibility index (Phi) is 4.21. The van der Waals surface area contributed by atoms with Crippen molar-refractivity contribution in [3.8, 4) is 0 Å². The van der Waals surface area contributed by atoms with E-state index in [2.05, 4.69) is 22.2 Å². The Labute approximate surface area is 156 Å². The van der Waals surface area contributed by atoms with Crippen LogP contribution >= 0.6 is 11.6 Å². The van der Waals surface area contributed by atoms with Crippen LogP contribution in [0.3, 0.4) is 0 Å². The molecule has 1 amide bonds. The number of para-hydroxylation sites is 1. The van der Waals surface area contributed by atoms with Gasteiger partial charge in [-0.15, -0.1) is 0 Å². The van der Waals surface area contributed by atoms with Crippen LogP contribution in [-0.2, 0) is 6.42 Å². The molecule has 4 rings (SSSR count). The zero-order valence-corrected chi connectivity index (χ0v) is 15.5. The van der Waals surface area contributed by atoms with Gasteiger partial charge in [0.15, 0.2) is 0 Å². The van der Waals surface area contributed by atoms with E-state index < -0.39 is 0 Å². The van der Waals surface area contributed by atoms with Gasteiger partial charge in [0, 0.05) is 28.5 Å². The van der Waals surface area contributed by atoms with Gasteiger partial charge in [-0.3, -0.25) is 4.79 Å². The topological polar surface area (TPSA) is 60.7 Å². The van der Waals surface area contributed by atoms with Gasteiger partial charge in [-0.25, -0.2) is 0 Å². The van der Waals surface area contributed by atoms with Gasteiger partial charge >= 0.3 is 0 Å². The molecule has 2 aromatic heterocycles. The van der Waals surface area contributed by atoms with E-state index in [0.29, 0.717) is 12.2 Å². The van der Waals surface area contributed by atoms with E-state index in [9.17, 15) is 4.79 Å². The molecule has 4 aromatic rings. The first-order valence-corrected chi connectivity index (χ1v) is 9.04. The van der Waals surface area contributed by atoms with Gasteiger partial charge in [0.2, 0.25) is 0 Å². The summed E-state index contributed by atoms with van der Waals surface area (Å²) in [4.78, 5) is 19.0. The summed E-state index contributed by atoms with van der Waals surface area (Å²) in [5, 5.41) is 5.93. The second kappa shape index (κ2) is 6.54. The lowest BCUT2D eigenvalue weighted by Crippen LogP contribution is -2.26. The van der Waals surface area contributed by atoms with Gasteiger partial charge < -0.3 is 15.3 Å². The van der Waals surface area contributed by atoms with Gasteiger partial charge in [0.25, 0.3) is 5.91 Å². The van der Waals surface area contributed by atoms with Crippen molar-refractivity contribution in [2.45, 2.75) is 20.3 Å². The smallest absolute Gasteiger partial charge is 0.267 e. The lowest BCUT2D eigenvalue weighted by molar-refractivity contribution is 0.0950. The molecule has 0 bridgehead atoms. The third-order valence-electron chi connectivity index (χ3n) is 4.86. The molecule has 132 valence electrons. The summed E-state index contributed by atoms with van der Waals surface area (Å²) in [5.41, 5.74) is 6.01. The number of amides is 1. The number of carbonyl (C=O) groups is 1. The average molecular weight is 366 g/mol. The van der Waals surface area contributed by atoms with Crippen LogP contribution in [0.15, 0.2) is 42.5 Å². The van der Waals surface area contributed by atoms with E-state index >= 15 is 0 Å². The third-order valence-corrected chi connectivity index (χ3v) is 5.18. The van der Waals surface area contributed by atoms with Gasteiger partial charge in [-0.2, -0.15) is 0 Å². The first kappa shape index (κ1) is 16.7. The van der Waals surface area contributed by atoms with E-state index in [1.54, 1.807) is 0 Å². The minimum Gasteiger partial charge on any atom is -0.357 e. The Morgan fingerprint density at radius 3 is 2.73 bits per heavy atom. The highest BCUT2D eigenvalue weighted by Gasteiger charge is 2.14. The summed E-state index contributed by atoms with van der Waals surface area (Å²) in [5.74, 6) is -0.0894. The standard InChI is InChI=1S/C21H20ClN3O/c1-12-7-8-16(22)20-19(12)15(13(2)24-20)9-10-23-21(26)18-11-14-5-3-4-6-17(14)25-18/h3-8,11,24-25H,9-10H2,1-2H3,(H,23,26). The summed E-state index contributed by atoms with van der Waals surface area (Å²) in [6.07, 6.45) is 0.749. The number of H-pyrrole nitrogens is 2. The molecule has 4 nitrogen and oxygen atoms in total. The number of nitrogens with one attached hydrogen (secondary N) is 3. The van der Waals surface area contributed by atoms with Gasteiger partial charge in [0.05, 0.1) is 10.5 Å². The number of hydrogen-bond donors (Lipinski definition) is 3.